The summed E-state index contributed by atoms with van der Waals surface area (Å²) < 4.78 is 14.0. The number of hydrogen-bond acceptors (Lipinski definition) is 5. The molecule has 0 atom stereocenters. The molecule has 2 aliphatic heterocycles. The molecule has 1 amide bonds. The Balaban J connectivity index is 0.00000370. The van der Waals surface area contributed by atoms with Crippen LogP contribution in [0.1, 0.15) is 35.8 Å². The number of nitrogens with one attached hydrogen (secondary N) is 1. The maximum absolute atomic E-state index is 14.0. The van der Waals surface area contributed by atoms with Gasteiger partial charge in [-0.2, -0.15) is 0 Å². The molecule has 3 heterocycles. The van der Waals surface area contributed by atoms with Gasteiger partial charge in [-0.3, -0.25) is 14.6 Å². The van der Waals surface area contributed by atoms with Crippen molar-refractivity contribution in [2.45, 2.75) is 32.0 Å². The largest absolute Gasteiger partial charge is 0.353 e. The third kappa shape index (κ3) is 7.21. The predicted molar refractivity (Wildman–Crippen MR) is 157 cm³/mol. The van der Waals surface area contributed by atoms with E-state index in [-0.39, 0.29) is 13.9 Å². The summed E-state index contributed by atoms with van der Waals surface area (Å²) in [6, 6.07) is 14.7. The summed E-state index contributed by atoms with van der Waals surface area (Å²) in [6.07, 6.45) is 3.85. The SMILES string of the molecule is O=C(NCc1ccc(Cl)cc1F)c1cnc(N2CCN(C3CCN(Cc4ccc(Cl)cc4)CC3)CC2)c(Cl)c1.[HH]. The first-order chi connectivity index (χ1) is 18.9. The van der Waals surface area contributed by atoms with Crippen molar-refractivity contribution >= 4 is 46.5 Å². The second-order valence-electron chi connectivity index (χ2n) is 10.1. The van der Waals surface area contributed by atoms with Gasteiger partial charge in [0.05, 0.1) is 10.6 Å². The molecule has 0 spiro atoms. The number of rotatable bonds is 7. The standard InChI is InChI=1S/C29H31Cl3FN5O.H2/c30-23-4-1-20(2-5-23)19-36-9-7-25(8-10-36)37-11-13-38(14-12-37)28-26(32)15-22(18-34-28)29(39)35-17-21-3-6-24(31)16-27(21)33;/h1-6,15-16,18,25H,7-14,17,19H2,(H,35,39);1H. The van der Waals surface area contributed by atoms with Gasteiger partial charge in [-0.1, -0.05) is 53.0 Å². The van der Waals surface area contributed by atoms with Gasteiger partial charge >= 0.3 is 0 Å². The summed E-state index contributed by atoms with van der Waals surface area (Å²) in [5.74, 6) is -0.135. The number of nitrogens with zero attached hydrogens (tertiary/aromatic N) is 4. The highest BCUT2D eigenvalue weighted by Gasteiger charge is 2.28. The Labute approximate surface area is 245 Å². The van der Waals surface area contributed by atoms with Crippen molar-refractivity contribution in [2.75, 3.05) is 44.2 Å². The van der Waals surface area contributed by atoms with Crippen molar-refractivity contribution in [3.8, 4) is 0 Å². The first-order valence-corrected chi connectivity index (χ1v) is 14.3. The molecule has 208 valence electrons. The highest BCUT2D eigenvalue weighted by atomic mass is 35.5. The molecule has 2 aliphatic rings. The number of piperidine rings is 1. The van der Waals surface area contributed by atoms with Crippen LogP contribution in [0.2, 0.25) is 15.1 Å². The number of benzene rings is 2. The number of hydrogen-bond donors (Lipinski definition) is 1. The summed E-state index contributed by atoms with van der Waals surface area (Å²) in [4.78, 5) is 24.4. The highest BCUT2D eigenvalue weighted by molar-refractivity contribution is 6.33. The molecule has 10 heteroatoms. The van der Waals surface area contributed by atoms with Gasteiger partial charge < -0.3 is 10.2 Å². The lowest BCUT2D eigenvalue weighted by molar-refractivity contribution is 0.0950. The third-order valence-corrected chi connectivity index (χ3v) is 8.31. The zero-order valence-corrected chi connectivity index (χ0v) is 23.8. The fourth-order valence-corrected chi connectivity index (χ4v) is 5.89. The quantitative estimate of drug-likeness (QED) is 0.357. The summed E-state index contributed by atoms with van der Waals surface area (Å²) >= 11 is 18.4. The Bertz CT molecular complexity index is 1300. The number of anilines is 1. The van der Waals surface area contributed by atoms with Gasteiger partial charge in [0.25, 0.3) is 5.91 Å². The summed E-state index contributed by atoms with van der Waals surface area (Å²) in [5, 5.41) is 4.23. The van der Waals surface area contributed by atoms with Crippen LogP contribution in [0.25, 0.3) is 0 Å². The van der Waals surface area contributed by atoms with Crippen molar-refractivity contribution < 1.29 is 10.6 Å². The summed E-state index contributed by atoms with van der Waals surface area (Å²) in [7, 11) is 0. The molecular weight excluding hydrogens is 560 g/mol. The Morgan fingerprint density at radius 1 is 0.949 bits per heavy atom. The van der Waals surface area contributed by atoms with Crippen LogP contribution in [0, 0.1) is 5.82 Å². The molecule has 1 N–H and O–H groups in total. The van der Waals surface area contributed by atoms with E-state index in [9.17, 15) is 9.18 Å². The average Bonchev–Trinajstić information content (AvgIpc) is 2.94. The molecule has 39 heavy (non-hydrogen) atoms. The monoisotopic (exact) mass is 591 g/mol. The van der Waals surface area contributed by atoms with Crippen LogP contribution in [-0.4, -0.2) is 66.0 Å². The van der Waals surface area contributed by atoms with Crippen LogP contribution in [0.3, 0.4) is 0 Å². The van der Waals surface area contributed by atoms with Gasteiger partial charge in [0, 0.05) is 68.5 Å². The van der Waals surface area contributed by atoms with Crippen LogP contribution >= 0.6 is 34.8 Å². The fraction of sp³-hybridized carbons (Fsp3) is 0.379. The molecule has 3 aromatic rings. The van der Waals surface area contributed by atoms with E-state index in [0.717, 1.165) is 63.7 Å². The van der Waals surface area contributed by atoms with Crippen LogP contribution in [-0.2, 0) is 13.1 Å². The van der Waals surface area contributed by atoms with Crippen molar-refractivity contribution in [3.63, 3.8) is 0 Å². The number of carbonyl (C=O) groups excluding carboxylic acids is 1. The summed E-state index contributed by atoms with van der Waals surface area (Å²) in [5.41, 5.74) is 1.99. The zero-order valence-electron chi connectivity index (χ0n) is 21.6. The highest BCUT2D eigenvalue weighted by Crippen LogP contribution is 2.27. The van der Waals surface area contributed by atoms with Gasteiger partial charge in [0.1, 0.15) is 11.6 Å². The number of amides is 1. The predicted octanol–water partition coefficient (Wildman–Crippen LogP) is 6.14. The number of pyridine rings is 1. The second kappa shape index (κ2) is 12.8. The normalized spacial score (nSPS) is 17.4. The molecule has 2 fully saturated rings. The van der Waals surface area contributed by atoms with Crippen LogP contribution in [0.15, 0.2) is 54.7 Å². The van der Waals surface area contributed by atoms with E-state index in [1.165, 1.54) is 17.8 Å². The lowest BCUT2D eigenvalue weighted by Crippen LogP contribution is -2.53. The van der Waals surface area contributed by atoms with Crippen molar-refractivity contribution in [1.82, 2.24) is 20.1 Å². The van der Waals surface area contributed by atoms with E-state index in [4.69, 9.17) is 34.8 Å². The Morgan fingerprint density at radius 2 is 1.64 bits per heavy atom. The molecule has 6 nitrogen and oxygen atoms in total. The lowest BCUT2D eigenvalue weighted by Gasteiger charge is -2.43. The van der Waals surface area contributed by atoms with E-state index in [1.807, 2.05) is 12.1 Å². The molecule has 0 saturated carbocycles. The number of aromatic nitrogens is 1. The van der Waals surface area contributed by atoms with Crippen molar-refractivity contribution in [1.29, 1.82) is 0 Å². The minimum atomic E-state index is -0.461. The van der Waals surface area contributed by atoms with Crippen LogP contribution in [0.4, 0.5) is 10.2 Å². The topological polar surface area (TPSA) is 51.7 Å². The molecule has 0 unspecified atom stereocenters. The zero-order chi connectivity index (χ0) is 27.4. The fourth-order valence-electron chi connectivity index (χ4n) is 5.32. The molecule has 1 aromatic heterocycles. The molecule has 0 bridgehead atoms. The molecule has 0 radical (unpaired) electrons. The van der Waals surface area contributed by atoms with Gasteiger partial charge in [-0.25, -0.2) is 9.37 Å². The third-order valence-electron chi connectivity index (χ3n) is 7.55. The van der Waals surface area contributed by atoms with Gasteiger partial charge in [-0.15, -0.1) is 0 Å². The first kappa shape index (κ1) is 28.1. The number of halogens is 4. The van der Waals surface area contributed by atoms with E-state index in [0.29, 0.717) is 33.0 Å². The molecule has 2 aromatic carbocycles. The van der Waals surface area contributed by atoms with Gasteiger partial charge in [0.2, 0.25) is 0 Å². The summed E-state index contributed by atoms with van der Waals surface area (Å²) in [6.45, 7) is 6.77. The Kier molecular flexibility index (Phi) is 9.25. The van der Waals surface area contributed by atoms with E-state index < -0.39 is 5.82 Å². The number of piperazine rings is 1. The van der Waals surface area contributed by atoms with Crippen LogP contribution < -0.4 is 10.2 Å². The number of carbonyl (C=O) groups is 1. The Morgan fingerprint density at radius 3 is 2.31 bits per heavy atom. The Hall–Kier alpha value is -2.42. The second-order valence-corrected chi connectivity index (χ2v) is 11.4. The smallest absolute Gasteiger partial charge is 0.253 e. The molecule has 5 rings (SSSR count). The van der Waals surface area contributed by atoms with E-state index >= 15 is 0 Å². The lowest BCUT2D eigenvalue weighted by atomic mass is 10.0. The molecule has 2 saturated heterocycles. The molecular formula is C29H33Cl3FN5O. The van der Waals surface area contributed by atoms with Gasteiger partial charge in [-0.05, 0) is 61.8 Å². The minimum Gasteiger partial charge on any atom is -0.353 e. The maximum atomic E-state index is 14.0. The van der Waals surface area contributed by atoms with Crippen molar-refractivity contribution in [3.05, 3.63) is 92.3 Å². The molecule has 0 aliphatic carbocycles. The van der Waals surface area contributed by atoms with Crippen LogP contribution in [0.5, 0.6) is 0 Å². The van der Waals surface area contributed by atoms with E-state index in [1.54, 1.807) is 18.2 Å². The number of likely N-dealkylation sites (tertiary alicyclic amines) is 1. The first-order valence-electron chi connectivity index (χ1n) is 13.2. The van der Waals surface area contributed by atoms with Gasteiger partial charge in [0.15, 0.2) is 0 Å². The average molecular weight is 593 g/mol. The van der Waals surface area contributed by atoms with Crippen molar-refractivity contribution in [2.24, 2.45) is 0 Å². The minimum absolute atomic E-state index is 0. The maximum Gasteiger partial charge on any atom is 0.253 e. The van der Waals surface area contributed by atoms with E-state index in [2.05, 4.69) is 37.1 Å².